The molecule has 0 spiro atoms. The van der Waals surface area contributed by atoms with Crippen molar-refractivity contribution in [3.8, 4) is 11.3 Å². The van der Waals surface area contributed by atoms with E-state index in [4.69, 9.17) is 4.52 Å². The number of nitrogens with one attached hydrogen (secondary N) is 2. The van der Waals surface area contributed by atoms with Gasteiger partial charge in [-0.2, -0.15) is 0 Å². The molecule has 3 aromatic rings. The Morgan fingerprint density at radius 1 is 1.33 bits per heavy atom. The van der Waals surface area contributed by atoms with E-state index in [0.29, 0.717) is 22.7 Å². The summed E-state index contributed by atoms with van der Waals surface area (Å²) >= 11 is 0. The lowest BCUT2D eigenvalue weighted by Gasteiger charge is -2.24. The minimum Gasteiger partial charge on any atom is -0.359 e. The Kier molecular flexibility index (Phi) is 4.37. The SMILES string of the molecule is O=C1CC(C(=O)NCc2cc(-c3cccnc3)no2)c2cc(F)ccc2N1. The Hall–Kier alpha value is -3.55. The summed E-state index contributed by atoms with van der Waals surface area (Å²) in [5.41, 5.74) is 2.32. The van der Waals surface area contributed by atoms with Gasteiger partial charge in [0.2, 0.25) is 11.8 Å². The Labute approximate surface area is 153 Å². The van der Waals surface area contributed by atoms with Crippen LogP contribution in [0.5, 0.6) is 0 Å². The van der Waals surface area contributed by atoms with E-state index in [9.17, 15) is 14.0 Å². The summed E-state index contributed by atoms with van der Waals surface area (Å²) in [6.07, 6.45) is 3.28. The molecular formula is C19H15FN4O3. The first-order chi connectivity index (χ1) is 13.1. The molecule has 0 radical (unpaired) electrons. The zero-order valence-corrected chi connectivity index (χ0v) is 14.1. The van der Waals surface area contributed by atoms with Crippen molar-refractivity contribution in [1.29, 1.82) is 0 Å². The van der Waals surface area contributed by atoms with Crippen molar-refractivity contribution >= 4 is 17.5 Å². The summed E-state index contributed by atoms with van der Waals surface area (Å²) in [4.78, 5) is 28.4. The maximum atomic E-state index is 13.6. The molecule has 0 aliphatic carbocycles. The molecule has 1 unspecified atom stereocenters. The molecule has 27 heavy (non-hydrogen) atoms. The Bertz CT molecular complexity index is 1000. The maximum absolute atomic E-state index is 13.6. The van der Waals surface area contributed by atoms with Crippen molar-refractivity contribution in [1.82, 2.24) is 15.5 Å². The number of nitrogens with zero attached hydrogens (tertiary/aromatic N) is 2. The van der Waals surface area contributed by atoms with Crippen LogP contribution in [0.2, 0.25) is 0 Å². The number of carbonyl (C=O) groups excluding carboxylic acids is 2. The molecule has 0 saturated carbocycles. The van der Waals surface area contributed by atoms with Crippen LogP contribution in [0.15, 0.2) is 53.3 Å². The molecule has 0 bridgehead atoms. The van der Waals surface area contributed by atoms with E-state index in [2.05, 4.69) is 20.8 Å². The van der Waals surface area contributed by atoms with Gasteiger partial charge in [0.1, 0.15) is 11.5 Å². The van der Waals surface area contributed by atoms with Gasteiger partial charge < -0.3 is 15.2 Å². The van der Waals surface area contributed by atoms with Gasteiger partial charge in [-0.05, 0) is 35.9 Å². The molecular weight excluding hydrogens is 351 g/mol. The quantitative estimate of drug-likeness (QED) is 0.740. The van der Waals surface area contributed by atoms with Crippen LogP contribution in [0.4, 0.5) is 10.1 Å². The predicted octanol–water partition coefficient (Wildman–Crippen LogP) is 2.62. The van der Waals surface area contributed by atoms with Gasteiger partial charge in [-0.1, -0.05) is 5.16 Å². The van der Waals surface area contributed by atoms with E-state index in [0.717, 1.165) is 5.56 Å². The molecule has 4 rings (SSSR count). The van der Waals surface area contributed by atoms with Crippen LogP contribution in [0.3, 0.4) is 0 Å². The van der Waals surface area contributed by atoms with Gasteiger partial charge in [0.05, 0.1) is 12.5 Å². The first kappa shape index (κ1) is 16.9. The highest BCUT2D eigenvalue weighted by molar-refractivity contribution is 6.01. The number of pyridine rings is 1. The first-order valence-corrected chi connectivity index (χ1v) is 8.33. The topological polar surface area (TPSA) is 97.1 Å². The average Bonchev–Trinajstić information content (AvgIpc) is 3.15. The molecule has 2 aromatic heterocycles. The first-order valence-electron chi connectivity index (χ1n) is 8.33. The lowest BCUT2D eigenvalue weighted by Crippen LogP contribution is -2.34. The molecule has 2 N–H and O–H groups in total. The fourth-order valence-electron chi connectivity index (χ4n) is 3.01. The van der Waals surface area contributed by atoms with E-state index in [1.807, 2.05) is 6.07 Å². The van der Waals surface area contributed by atoms with Gasteiger partial charge in [-0.25, -0.2) is 4.39 Å². The average molecular weight is 366 g/mol. The monoisotopic (exact) mass is 366 g/mol. The highest BCUT2D eigenvalue weighted by Crippen LogP contribution is 2.33. The number of aromatic nitrogens is 2. The highest BCUT2D eigenvalue weighted by atomic mass is 19.1. The van der Waals surface area contributed by atoms with Crippen LogP contribution in [-0.4, -0.2) is 22.0 Å². The second kappa shape index (κ2) is 6.99. The van der Waals surface area contributed by atoms with Crippen molar-refractivity contribution in [3.05, 3.63) is 65.9 Å². The minimum atomic E-state index is -0.759. The molecule has 0 saturated heterocycles. The third kappa shape index (κ3) is 3.55. The molecule has 1 aliphatic heterocycles. The molecule has 0 fully saturated rings. The number of hydrogen-bond acceptors (Lipinski definition) is 5. The largest absolute Gasteiger partial charge is 0.359 e. The number of benzene rings is 1. The fourth-order valence-corrected chi connectivity index (χ4v) is 3.01. The number of halogens is 1. The third-order valence-electron chi connectivity index (χ3n) is 4.32. The highest BCUT2D eigenvalue weighted by Gasteiger charge is 2.31. The van der Waals surface area contributed by atoms with Crippen LogP contribution >= 0.6 is 0 Å². The van der Waals surface area contributed by atoms with E-state index in [-0.39, 0.29) is 24.8 Å². The lowest BCUT2D eigenvalue weighted by atomic mass is 9.89. The summed E-state index contributed by atoms with van der Waals surface area (Å²) in [5, 5.41) is 9.33. The normalized spacial score (nSPS) is 15.7. The summed E-state index contributed by atoms with van der Waals surface area (Å²) in [6.45, 7) is 0.106. The Morgan fingerprint density at radius 2 is 2.22 bits per heavy atom. The molecule has 3 heterocycles. The zero-order chi connectivity index (χ0) is 18.8. The van der Waals surface area contributed by atoms with Crippen LogP contribution in [0.25, 0.3) is 11.3 Å². The van der Waals surface area contributed by atoms with E-state index in [1.54, 1.807) is 24.5 Å². The molecule has 2 amide bonds. The maximum Gasteiger partial charge on any atom is 0.228 e. The van der Waals surface area contributed by atoms with Crippen molar-refractivity contribution in [2.75, 3.05) is 5.32 Å². The van der Waals surface area contributed by atoms with Crippen LogP contribution in [0, 0.1) is 5.82 Å². The van der Waals surface area contributed by atoms with Gasteiger partial charge >= 0.3 is 0 Å². The van der Waals surface area contributed by atoms with Gasteiger partial charge in [-0.15, -0.1) is 0 Å². The molecule has 136 valence electrons. The number of carbonyl (C=O) groups is 2. The van der Waals surface area contributed by atoms with Crippen LogP contribution < -0.4 is 10.6 Å². The van der Waals surface area contributed by atoms with E-state index >= 15 is 0 Å². The number of fused-ring (bicyclic) bond motifs is 1. The second-order valence-electron chi connectivity index (χ2n) is 6.17. The number of hydrogen-bond donors (Lipinski definition) is 2. The minimum absolute atomic E-state index is 0.0420. The fraction of sp³-hybridized carbons (Fsp3) is 0.158. The number of anilines is 1. The standard InChI is InChI=1S/C19H15FN4O3/c20-12-3-4-16-14(6-12)15(8-18(25)23-16)19(26)22-10-13-7-17(24-27-13)11-2-1-5-21-9-11/h1-7,9,15H,8,10H2,(H,22,26)(H,23,25). The van der Waals surface area contributed by atoms with E-state index in [1.165, 1.54) is 18.2 Å². The van der Waals surface area contributed by atoms with Crippen molar-refractivity contribution in [3.63, 3.8) is 0 Å². The molecule has 7 nitrogen and oxygen atoms in total. The van der Waals surface area contributed by atoms with Gasteiger partial charge in [-0.3, -0.25) is 14.6 Å². The zero-order valence-electron chi connectivity index (χ0n) is 14.1. The summed E-state index contributed by atoms with van der Waals surface area (Å²) in [5.74, 6) is -1.42. The van der Waals surface area contributed by atoms with Crippen molar-refractivity contribution in [2.45, 2.75) is 18.9 Å². The summed E-state index contributed by atoms with van der Waals surface area (Å²) in [7, 11) is 0. The Balaban J connectivity index is 1.47. The number of amides is 2. The van der Waals surface area contributed by atoms with Gasteiger partial charge in [0.25, 0.3) is 0 Å². The van der Waals surface area contributed by atoms with Gasteiger partial charge in [0.15, 0.2) is 5.76 Å². The van der Waals surface area contributed by atoms with Crippen molar-refractivity contribution < 1.29 is 18.5 Å². The van der Waals surface area contributed by atoms with E-state index < -0.39 is 11.7 Å². The van der Waals surface area contributed by atoms with Gasteiger partial charge in [0, 0.05) is 36.1 Å². The van der Waals surface area contributed by atoms with Crippen molar-refractivity contribution in [2.24, 2.45) is 0 Å². The summed E-state index contributed by atoms with van der Waals surface area (Å²) in [6, 6.07) is 9.31. The predicted molar refractivity (Wildman–Crippen MR) is 94.0 cm³/mol. The van der Waals surface area contributed by atoms with Crippen LogP contribution in [0.1, 0.15) is 23.7 Å². The second-order valence-corrected chi connectivity index (χ2v) is 6.17. The third-order valence-corrected chi connectivity index (χ3v) is 4.32. The molecule has 1 aromatic carbocycles. The molecule has 1 atom stereocenters. The molecule has 1 aliphatic rings. The molecule has 8 heteroatoms. The lowest BCUT2D eigenvalue weighted by molar-refractivity contribution is -0.126. The number of rotatable bonds is 4. The Morgan fingerprint density at radius 3 is 3.04 bits per heavy atom. The smallest absolute Gasteiger partial charge is 0.228 e. The van der Waals surface area contributed by atoms with Crippen LogP contribution in [-0.2, 0) is 16.1 Å². The summed E-state index contributed by atoms with van der Waals surface area (Å²) < 4.78 is 18.8.